The zero-order chi connectivity index (χ0) is 20.5. The van der Waals surface area contributed by atoms with E-state index in [4.69, 9.17) is 0 Å². The van der Waals surface area contributed by atoms with Gasteiger partial charge in [-0.3, -0.25) is 9.78 Å². The molecule has 2 N–H and O–H groups in total. The fourth-order valence-electron chi connectivity index (χ4n) is 2.93. The molecule has 144 valence electrons. The summed E-state index contributed by atoms with van der Waals surface area (Å²) in [6.45, 7) is 1.74. The number of aromatic nitrogens is 2. The van der Waals surface area contributed by atoms with Crippen LogP contribution in [0.5, 0.6) is 0 Å². The van der Waals surface area contributed by atoms with E-state index >= 15 is 0 Å². The lowest BCUT2D eigenvalue weighted by atomic mass is 10.0. The van der Waals surface area contributed by atoms with E-state index in [1.807, 2.05) is 6.07 Å². The molecule has 0 spiro atoms. The zero-order valence-electron chi connectivity index (χ0n) is 15.1. The van der Waals surface area contributed by atoms with Crippen molar-refractivity contribution in [1.29, 1.82) is 0 Å². The average molecular weight is 407 g/mol. The molecule has 0 unspecified atom stereocenters. The predicted octanol–water partition coefficient (Wildman–Crippen LogP) is 4.76. The van der Waals surface area contributed by atoms with E-state index in [-0.39, 0.29) is 27.4 Å². The van der Waals surface area contributed by atoms with Crippen molar-refractivity contribution < 1.29 is 19.1 Å². The van der Waals surface area contributed by atoms with Crippen molar-refractivity contribution in [2.45, 2.75) is 6.92 Å². The number of carbonyl (C=O) groups excluding carboxylic acids is 1. The molecule has 0 aliphatic heterocycles. The summed E-state index contributed by atoms with van der Waals surface area (Å²) in [6.07, 6.45) is 1.33. The molecule has 0 bridgehead atoms. The number of para-hydroxylation sites is 2. The summed E-state index contributed by atoms with van der Waals surface area (Å²) in [5.74, 6) is -2.38. The van der Waals surface area contributed by atoms with Crippen molar-refractivity contribution in [2.75, 3.05) is 5.32 Å². The van der Waals surface area contributed by atoms with Crippen LogP contribution in [0.15, 0.2) is 54.0 Å². The number of nitrogens with zero attached hydrogens (tertiary/aromatic N) is 2. The number of nitrogens with one attached hydrogen (secondary N) is 1. The summed E-state index contributed by atoms with van der Waals surface area (Å²) in [5.41, 5.74) is 2.17. The van der Waals surface area contributed by atoms with Crippen molar-refractivity contribution in [2.24, 2.45) is 0 Å². The number of fused-ring (bicyclic) bond motifs is 1. The van der Waals surface area contributed by atoms with Gasteiger partial charge in [0.05, 0.1) is 17.2 Å². The van der Waals surface area contributed by atoms with Crippen molar-refractivity contribution in [1.82, 2.24) is 9.97 Å². The Labute approximate surface area is 168 Å². The number of halogens is 1. The maximum Gasteiger partial charge on any atom is 0.339 e. The lowest BCUT2D eigenvalue weighted by Gasteiger charge is -2.07. The molecule has 0 fully saturated rings. The van der Waals surface area contributed by atoms with Crippen LogP contribution in [0.25, 0.3) is 22.2 Å². The monoisotopic (exact) mass is 407 g/mol. The standard InChI is InChI=1S/C21H14FN3O3S/c1-11-6-7-12(14(22)8-11)13-10-29-20(18(13)21(27)28)25-19(26)17-9-23-15-4-2-3-5-16(15)24-17/h2-10H,1H3,(H,25,26)(H,27,28). The van der Waals surface area contributed by atoms with Gasteiger partial charge >= 0.3 is 5.97 Å². The molecule has 0 aliphatic carbocycles. The summed E-state index contributed by atoms with van der Waals surface area (Å²) < 4.78 is 14.4. The molecule has 6 nitrogen and oxygen atoms in total. The maximum absolute atomic E-state index is 14.4. The van der Waals surface area contributed by atoms with Crippen molar-refractivity contribution in [3.63, 3.8) is 0 Å². The first-order valence-corrected chi connectivity index (χ1v) is 9.46. The topological polar surface area (TPSA) is 92.2 Å². The molecule has 2 aromatic carbocycles. The van der Waals surface area contributed by atoms with E-state index in [2.05, 4.69) is 15.3 Å². The van der Waals surface area contributed by atoms with Gasteiger partial charge in [-0.2, -0.15) is 0 Å². The number of anilines is 1. The predicted molar refractivity (Wildman–Crippen MR) is 109 cm³/mol. The SMILES string of the molecule is Cc1ccc(-c2csc(NC(=O)c3cnc4ccccc4n3)c2C(=O)O)c(F)c1. The Morgan fingerprint density at radius 3 is 2.59 bits per heavy atom. The van der Waals surface area contributed by atoms with Crippen molar-refractivity contribution in [3.8, 4) is 11.1 Å². The highest BCUT2D eigenvalue weighted by molar-refractivity contribution is 7.15. The number of carbonyl (C=O) groups is 2. The van der Waals surface area contributed by atoms with Crippen LogP contribution in [0.3, 0.4) is 0 Å². The van der Waals surface area contributed by atoms with Gasteiger partial charge in [-0.1, -0.05) is 24.3 Å². The molecular formula is C21H14FN3O3S. The van der Waals surface area contributed by atoms with Crippen LogP contribution in [0.1, 0.15) is 26.4 Å². The molecule has 0 atom stereocenters. The van der Waals surface area contributed by atoms with E-state index in [1.165, 1.54) is 23.7 Å². The minimum absolute atomic E-state index is 0.0523. The second-order valence-electron chi connectivity index (χ2n) is 6.34. The van der Waals surface area contributed by atoms with Crippen LogP contribution in [-0.2, 0) is 0 Å². The average Bonchev–Trinajstić information content (AvgIpc) is 3.11. The van der Waals surface area contributed by atoms with Gasteiger partial charge in [0.25, 0.3) is 5.91 Å². The minimum atomic E-state index is -1.26. The smallest absolute Gasteiger partial charge is 0.339 e. The number of aromatic carboxylic acids is 1. The molecule has 0 aliphatic rings. The first kappa shape index (κ1) is 18.7. The molecular weight excluding hydrogens is 393 g/mol. The van der Waals surface area contributed by atoms with E-state index in [0.717, 1.165) is 16.9 Å². The van der Waals surface area contributed by atoms with Gasteiger partial charge in [0.15, 0.2) is 0 Å². The molecule has 0 saturated carbocycles. The molecule has 0 saturated heterocycles. The number of rotatable bonds is 4. The van der Waals surface area contributed by atoms with E-state index in [1.54, 1.807) is 31.2 Å². The number of carboxylic acid groups (broad SMARTS) is 1. The van der Waals surface area contributed by atoms with E-state index in [0.29, 0.717) is 11.0 Å². The van der Waals surface area contributed by atoms with Gasteiger partial charge in [0, 0.05) is 16.5 Å². The third kappa shape index (κ3) is 3.57. The first-order valence-electron chi connectivity index (χ1n) is 8.58. The largest absolute Gasteiger partial charge is 0.478 e. The Balaban J connectivity index is 1.70. The summed E-state index contributed by atoms with van der Waals surface area (Å²) in [5, 5.41) is 13.9. The van der Waals surface area contributed by atoms with Gasteiger partial charge in [-0.05, 0) is 30.7 Å². The Morgan fingerprint density at radius 2 is 1.86 bits per heavy atom. The van der Waals surface area contributed by atoms with Gasteiger partial charge in [0.1, 0.15) is 22.1 Å². The van der Waals surface area contributed by atoms with Crippen LogP contribution in [0.2, 0.25) is 0 Å². The van der Waals surface area contributed by atoms with Crippen LogP contribution in [-0.4, -0.2) is 27.0 Å². The number of hydrogen-bond donors (Lipinski definition) is 2. The lowest BCUT2D eigenvalue weighted by Crippen LogP contribution is -2.15. The fraction of sp³-hybridized carbons (Fsp3) is 0.0476. The van der Waals surface area contributed by atoms with Gasteiger partial charge in [-0.25, -0.2) is 14.2 Å². The number of amides is 1. The molecule has 29 heavy (non-hydrogen) atoms. The molecule has 2 aromatic heterocycles. The van der Waals surface area contributed by atoms with Gasteiger partial charge in [-0.15, -0.1) is 11.3 Å². The second kappa shape index (κ2) is 7.40. The minimum Gasteiger partial charge on any atom is -0.478 e. The Bertz CT molecular complexity index is 1270. The third-order valence-corrected chi connectivity index (χ3v) is 5.22. The number of thiophene rings is 1. The van der Waals surface area contributed by atoms with E-state index in [9.17, 15) is 19.1 Å². The van der Waals surface area contributed by atoms with Crippen LogP contribution < -0.4 is 5.32 Å². The third-order valence-electron chi connectivity index (χ3n) is 4.33. The lowest BCUT2D eigenvalue weighted by molar-refractivity contribution is 0.0699. The number of benzene rings is 2. The highest BCUT2D eigenvalue weighted by Gasteiger charge is 2.23. The zero-order valence-corrected chi connectivity index (χ0v) is 16.0. The molecule has 0 radical (unpaired) electrons. The summed E-state index contributed by atoms with van der Waals surface area (Å²) >= 11 is 1.01. The van der Waals surface area contributed by atoms with Gasteiger partial charge < -0.3 is 10.4 Å². The van der Waals surface area contributed by atoms with Crippen LogP contribution in [0.4, 0.5) is 9.39 Å². The Kier molecular flexibility index (Phi) is 4.77. The summed E-state index contributed by atoms with van der Waals surface area (Å²) in [6, 6.07) is 11.7. The first-order chi connectivity index (χ1) is 13.9. The number of carboxylic acids is 1. The summed E-state index contributed by atoms with van der Waals surface area (Å²) in [4.78, 5) is 32.9. The molecule has 4 rings (SSSR count). The Morgan fingerprint density at radius 1 is 1.10 bits per heavy atom. The van der Waals surface area contributed by atoms with Crippen LogP contribution in [0, 0.1) is 12.7 Å². The van der Waals surface area contributed by atoms with E-state index < -0.39 is 17.7 Å². The number of aryl methyl sites for hydroxylation is 1. The fourth-order valence-corrected chi connectivity index (χ4v) is 3.88. The van der Waals surface area contributed by atoms with Crippen LogP contribution >= 0.6 is 11.3 Å². The van der Waals surface area contributed by atoms with Crippen molar-refractivity contribution >= 4 is 39.2 Å². The highest BCUT2D eigenvalue weighted by atomic mass is 32.1. The second-order valence-corrected chi connectivity index (χ2v) is 7.22. The normalized spacial score (nSPS) is 10.8. The maximum atomic E-state index is 14.4. The molecule has 2 heterocycles. The van der Waals surface area contributed by atoms with Gasteiger partial charge in [0.2, 0.25) is 0 Å². The highest BCUT2D eigenvalue weighted by Crippen LogP contribution is 2.37. The Hall–Kier alpha value is -3.65. The molecule has 8 heteroatoms. The quantitative estimate of drug-likeness (QED) is 0.509. The van der Waals surface area contributed by atoms with Crippen molar-refractivity contribution in [3.05, 3.63) is 76.7 Å². The molecule has 4 aromatic rings. The molecule has 1 amide bonds. The summed E-state index contributed by atoms with van der Waals surface area (Å²) in [7, 11) is 0. The number of hydrogen-bond acceptors (Lipinski definition) is 5.